The first-order valence-corrected chi connectivity index (χ1v) is 17.8. The summed E-state index contributed by atoms with van der Waals surface area (Å²) >= 11 is 0. The van der Waals surface area contributed by atoms with Crippen LogP contribution < -0.4 is 9.80 Å². The highest BCUT2D eigenvalue weighted by Crippen LogP contribution is 2.44. The molecule has 0 amide bonds. The maximum absolute atomic E-state index is 2.41. The minimum atomic E-state index is 1.12. The van der Waals surface area contributed by atoms with Crippen LogP contribution in [0.3, 0.4) is 0 Å². The van der Waals surface area contributed by atoms with Gasteiger partial charge in [0.25, 0.3) is 0 Å². The van der Waals surface area contributed by atoms with E-state index in [9.17, 15) is 0 Å². The second kappa shape index (κ2) is 12.5. The van der Waals surface area contributed by atoms with Gasteiger partial charge in [0, 0.05) is 33.8 Å². The highest BCUT2D eigenvalue weighted by atomic mass is 15.1. The summed E-state index contributed by atoms with van der Waals surface area (Å²) in [6.07, 6.45) is 0. The fourth-order valence-corrected chi connectivity index (χ4v) is 7.88. The number of anilines is 6. The highest BCUT2D eigenvalue weighted by Gasteiger charge is 2.19. The van der Waals surface area contributed by atoms with Gasteiger partial charge in [-0.1, -0.05) is 140 Å². The molecule has 10 rings (SSSR count). The predicted molar refractivity (Wildman–Crippen MR) is 223 cm³/mol. The van der Waals surface area contributed by atoms with Crippen LogP contribution in [0.2, 0.25) is 0 Å². The van der Waals surface area contributed by atoms with Crippen molar-refractivity contribution >= 4 is 88.0 Å². The molecular weight excluding hydrogens is 629 g/mol. The predicted octanol–water partition coefficient (Wildman–Crippen LogP) is 14.4. The van der Waals surface area contributed by atoms with Crippen molar-refractivity contribution in [2.75, 3.05) is 9.80 Å². The SMILES string of the molecule is c1ccc(N(c2ccc3ccccc3c2)c2ccc3ccc4c(ccc5cccc(N(c6ccccc6)c6ccc7ccccc7c6)c54)c3c2)cc1. The fourth-order valence-electron chi connectivity index (χ4n) is 7.88. The van der Waals surface area contributed by atoms with Gasteiger partial charge in [-0.3, -0.25) is 0 Å². The summed E-state index contributed by atoms with van der Waals surface area (Å²) in [7, 11) is 0. The first kappa shape index (κ1) is 30.0. The maximum atomic E-state index is 2.41. The molecule has 244 valence electrons. The first-order chi connectivity index (χ1) is 25.8. The number of hydrogen-bond donors (Lipinski definition) is 0. The molecule has 0 aliphatic heterocycles. The molecule has 0 saturated heterocycles. The fraction of sp³-hybridized carbons (Fsp3) is 0. The largest absolute Gasteiger partial charge is 0.310 e. The molecular formula is C50H34N2. The number of para-hydroxylation sites is 2. The molecule has 52 heavy (non-hydrogen) atoms. The van der Waals surface area contributed by atoms with Crippen LogP contribution >= 0.6 is 0 Å². The van der Waals surface area contributed by atoms with Gasteiger partial charge in [-0.25, -0.2) is 0 Å². The van der Waals surface area contributed by atoms with Gasteiger partial charge in [-0.05, 0) is 115 Å². The Hall–Kier alpha value is -6.90. The molecule has 0 atom stereocenters. The number of rotatable bonds is 6. The van der Waals surface area contributed by atoms with Crippen molar-refractivity contribution in [1.29, 1.82) is 0 Å². The van der Waals surface area contributed by atoms with Crippen LogP contribution in [-0.2, 0) is 0 Å². The molecule has 0 spiro atoms. The molecule has 2 heteroatoms. The second-order valence-corrected chi connectivity index (χ2v) is 13.4. The number of benzene rings is 10. The Morgan fingerprint density at radius 2 is 0.692 bits per heavy atom. The van der Waals surface area contributed by atoms with E-state index in [1.165, 1.54) is 53.9 Å². The molecule has 2 nitrogen and oxygen atoms in total. The Morgan fingerprint density at radius 3 is 1.35 bits per heavy atom. The van der Waals surface area contributed by atoms with E-state index in [1.54, 1.807) is 0 Å². The van der Waals surface area contributed by atoms with E-state index in [0.29, 0.717) is 0 Å². The minimum Gasteiger partial charge on any atom is -0.310 e. The van der Waals surface area contributed by atoms with Crippen molar-refractivity contribution < 1.29 is 0 Å². The third-order valence-electron chi connectivity index (χ3n) is 10.3. The van der Waals surface area contributed by atoms with Crippen molar-refractivity contribution in [3.63, 3.8) is 0 Å². The van der Waals surface area contributed by atoms with E-state index in [-0.39, 0.29) is 0 Å². The van der Waals surface area contributed by atoms with Crippen LogP contribution in [0.5, 0.6) is 0 Å². The first-order valence-electron chi connectivity index (χ1n) is 17.8. The number of nitrogens with zero attached hydrogens (tertiary/aromatic N) is 2. The smallest absolute Gasteiger partial charge is 0.0546 e. The van der Waals surface area contributed by atoms with Crippen LogP contribution in [0.15, 0.2) is 206 Å². The molecule has 0 aromatic heterocycles. The normalized spacial score (nSPS) is 11.5. The number of hydrogen-bond acceptors (Lipinski definition) is 2. The van der Waals surface area contributed by atoms with E-state index >= 15 is 0 Å². The van der Waals surface area contributed by atoms with E-state index in [2.05, 4.69) is 216 Å². The quantitative estimate of drug-likeness (QED) is 0.164. The third kappa shape index (κ3) is 5.12. The Labute approximate surface area is 303 Å². The van der Waals surface area contributed by atoms with Crippen LogP contribution in [0.4, 0.5) is 34.1 Å². The summed E-state index contributed by atoms with van der Waals surface area (Å²) in [5, 5.41) is 12.3. The van der Waals surface area contributed by atoms with Gasteiger partial charge >= 0.3 is 0 Å². The standard InChI is InChI=1S/C50H34N2/c1-3-17-41(18-4-1)51(43-27-22-35-12-7-9-14-39(35)32-43)45-29-24-37-25-31-47-46(48(37)34-45)30-26-38-16-11-21-49(50(38)47)52(42-19-5-2-6-20-42)44-28-23-36-13-8-10-15-40(36)33-44/h1-34H. The zero-order valence-corrected chi connectivity index (χ0v) is 28.5. The summed E-state index contributed by atoms with van der Waals surface area (Å²) in [5.74, 6) is 0. The van der Waals surface area contributed by atoms with E-state index in [0.717, 1.165) is 34.1 Å². The van der Waals surface area contributed by atoms with Gasteiger partial charge in [-0.2, -0.15) is 0 Å². The van der Waals surface area contributed by atoms with Crippen LogP contribution in [0.1, 0.15) is 0 Å². The van der Waals surface area contributed by atoms with Gasteiger partial charge in [0.05, 0.1) is 5.69 Å². The van der Waals surface area contributed by atoms with Crippen molar-refractivity contribution in [3.05, 3.63) is 206 Å². The van der Waals surface area contributed by atoms with Gasteiger partial charge in [-0.15, -0.1) is 0 Å². The van der Waals surface area contributed by atoms with Gasteiger partial charge in [0.1, 0.15) is 0 Å². The van der Waals surface area contributed by atoms with E-state index in [4.69, 9.17) is 0 Å². The molecule has 0 aliphatic rings. The van der Waals surface area contributed by atoms with E-state index in [1.807, 2.05) is 0 Å². The Bertz CT molecular complexity index is 2910. The lowest BCUT2D eigenvalue weighted by molar-refractivity contribution is 1.29. The molecule has 0 heterocycles. The molecule has 0 bridgehead atoms. The van der Waals surface area contributed by atoms with Gasteiger partial charge < -0.3 is 9.80 Å². The molecule has 0 radical (unpaired) electrons. The monoisotopic (exact) mass is 662 g/mol. The highest BCUT2D eigenvalue weighted by molar-refractivity contribution is 6.22. The molecule has 0 saturated carbocycles. The summed E-state index contributed by atoms with van der Waals surface area (Å²) in [5.41, 5.74) is 6.79. The van der Waals surface area contributed by atoms with Gasteiger partial charge in [0.15, 0.2) is 0 Å². The minimum absolute atomic E-state index is 1.12. The van der Waals surface area contributed by atoms with E-state index < -0.39 is 0 Å². The zero-order chi connectivity index (χ0) is 34.4. The molecule has 0 N–H and O–H groups in total. The van der Waals surface area contributed by atoms with Crippen molar-refractivity contribution in [2.45, 2.75) is 0 Å². The lowest BCUT2D eigenvalue weighted by atomic mass is 9.95. The van der Waals surface area contributed by atoms with Crippen molar-refractivity contribution in [1.82, 2.24) is 0 Å². The second-order valence-electron chi connectivity index (χ2n) is 13.4. The van der Waals surface area contributed by atoms with Crippen LogP contribution in [0, 0.1) is 0 Å². The van der Waals surface area contributed by atoms with Crippen molar-refractivity contribution in [2.24, 2.45) is 0 Å². The van der Waals surface area contributed by atoms with Crippen LogP contribution in [0.25, 0.3) is 53.9 Å². The average molecular weight is 663 g/mol. The summed E-state index contributed by atoms with van der Waals surface area (Å²) in [6.45, 7) is 0. The third-order valence-corrected chi connectivity index (χ3v) is 10.3. The summed E-state index contributed by atoms with van der Waals surface area (Å²) < 4.78 is 0. The molecule has 0 fully saturated rings. The average Bonchev–Trinajstić information content (AvgIpc) is 3.21. The van der Waals surface area contributed by atoms with Crippen LogP contribution in [-0.4, -0.2) is 0 Å². The summed E-state index contributed by atoms with van der Waals surface area (Å²) in [4.78, 5) is 4.78. The molecule has 0 aliphatic carbocycles. The Balaban J connectivity index is 1.20. The maximum Gasteiger partial charge on any atom is 0.0546 e. The molecule has 10 aromatic carbocycles. The summed E-state index contributed by atoms with van der Waals surface area (Å²) in [6, 6.07) is 74.8. The van der Waals surface area contributed by atoms with Crippen molar-refractivity contribution in [3.8, 4) is 0 Å². The lowest BCUT2D eigenvalue weighted by Gasteiger charge is -2.28. The zero-order valence-electron chi connectivity index (χ0n) is 28.5. The molecule has 0 unspecified atom stereocenters. The molecule has 10 aromatic rings. The lowest BCUT2D eigenvalue weighted by Crippen LogP contribution is -2.10. The Kier molecular flexibility index (Phi) is 7.18. The van der Waals surface area contributed by atoms with Gasteiger partial charge in [0.2, 0.25) is 0 Å². The topological polar surface area (TPSA) is 6.48 Å². The Morgan fingerprint density at radius 1 is 0.231 bits per heavy atom. The number of fused-ring (bicyclic) bond motifs is 7.